The van der Waals surface area contributed by atoms with Gasteiger partial charge in [0, 0.05) is 6.07 Å². The predicted octanol–water partition coefficient (Wildman–Crippen LogP) is 2.96. The summed E-state index contributed by atoms with van der Waals surface area (Å²) in [7, 11) is 3.10. The third kappa shape index (κ3) is 4.03. The van der Waals surface area contributed by atoms with E-state index in [0.29, 0.717) is 33.4 Å². The molecule has 1 amide bonds. The first kappa shape index (κ1) is 19.6. The monoisotopic (exact) mass is 422 g/mol. The molecule has 0 aliphatic rings. The number of hydrogen-bond donors (Lipinski definition) is 1. The lowest BCUT2D eigenvalue weighted by Gasteiger charge is -2.11. The number of rotatable bonds is 7. The second-order valence-electron chi connectivity index (χ2n) is 6.09. The molecule has 0 radical (unpaired) electrons. The number of ether oxygens (including phenoxy) is 2. The molecule has 0 saturated carbocycles. The summed E-state index contributed by atoms with van der Waals surface area (Å²) in [4.78, 5) is 21.0. The van der Waals surface area contributed by atoms with Crippen molar-refractivity contribution >= 4 is 34.5 Å². The Labute approximate surface area is 176 Å². The molecule has 4 aromatic rings. The summed E-state index contributed by atoms with van der Waals surface area (Å²) in [6.45, 7) is 0. The molecule has 0 bridgehead atoms. The molecule has 4 rings (SSSR count). The smallest absolute Gasteiger partial charge is 0.234 e. The van der Waals surface area contributed by atoms with E-state index in [9.17, 15) is 4.79 Å². The number of thioether (sulfide) groups is 1. The van der Waals surface area contributed by atoms with Gasteiger partial charge in [0.05, 0.1) is 31.3 Å². The van der Waals surface area contributed by atoms with E-state index in [-0.39, 0.29) is 11.7 Å². The molecule has 0 aliphatic heterocycles. The topological polar surface area (TPSA) is 104 Å². The zero-order valence-electron chi connectivity index (χ0n) is 16.3. The minimum absolute atomic E-state index is 0.138. The van der Waals surface area contributed by atoms with E-state index in [4.69, 9.17) is 9.47 Å². The van der Waals surface area contributed by atoms with Crippen LogP contribution in [0.4, 0.5) is 5.69 Å². The van der Waals surface area contributed by atoms with Gasteiger partial charge >= 0.3 is 0 Å². The van der Waals surface area contributed by atoms with Gasteiger partial charge in [-0.05, 0) is 24.3 Å². The average molecular weight is 422 g/mol. The van der Waals surface area contributed by atoms with E-state index in [1.54, 1.807) is 30.0 Å². The minimum atomic E-state index is -0.203. The van der Waals surface area contributed by atoms with Gasteiger partial charge in [-0.2, -0.15) is 4.68 Å². The molecule has 30 heavy (non-hydrogen) atoms. The van der Waals surface area contributed by atoms with E-state index in [1.807, 2.05) is 30.3 Å². The lowest BCUT2D eigenvalue weighted by Crippen LogP contribution is -2.15. The van der Waals surface area contributed by atoms with E-state index < -0.39 is 0 Å². The summed E-state index contributed by atoms with van der Waals surface area (Å²) in [6.07, 6.45) is 1.44. The van der Waals surface area contributed by atoms with Crippen LogP contribution in [0.5, 0.6) is 11.5 Å². The van der Waals surface area contributed by atoms with Crippen molar-refractivity contribution in [1.29, 1.82) is 0 Å². The highest BCUT2D eigenvalue weighted by atomic mass is 32.2. The van der Waals surface area contributed by atoms with Crippen LogP contribution in [0.2, 0.25) is 0 Å². The summed E-state index contributed by atoms with van der Waals surface area (Å²) >= 11 is 1.26. The van der Waals surface area contributed by atoms with Gasteiger partial charge in [-0.1, -0.05) is 35.2 Å². The van der Waals surface area contributed by atoms with Gasteiger partial charge < -0.3 is 14.8 Å². The Morgan fingerprint density at radius 1 is 1.10 bits per heavy atom. The number of fused-ring (bicyclic) bond motifs is 1. The van der Waals surface area contributed by atoms with Crippen molar-refractivity contribution in [3.63, 3.8) is 0 Å². The van der Waals surface area contributed by atoms with Crippen molar-refractivity contribution in [2.45, 2.75) is 5.03 Å². The molecule has 9 nitrogen and oxygen atoms in total. The quantitative estimate of drug-likeness (QED) is 0.358. The van der Waals surface area contributed by atoms with Crippen LogP contribution in [-0.4, -0.2) is 50.8 Å². The Bertz CT molecular complexity index is 1180. The van der Waals surface area contributed by atoms with E-state index in [1.165, 1.54) is 25.2 Å². The highest BCUT2D eigenvalue weighted by Gasteiger charge is 2.15. The number of amides is 1. The zero-order valence-corrected chi connectivity index (χ0v) is 17.1. The number of para-hydroxylation sites is 1. The molecule has 2 aromatic carbocycles. The zero-order chi connectivity index (χ0) is 20.9. The Morgan fingerprint density at radius 2 is 1.93 bits per heavy atom. The number of hydrogen-bond acceptors (Lipinski definition) is 8. The summed E-state index contributed by atoms with van der Waals surface area (Å²) in [6, 6.07) is 14.8. The number of carbonyl (C=O) groups excluding carboxylic acids is 1. The SMILES string of the molecule is COc1ccc(NC(=O)CSc2ncnc3c2nnn3-c2ccccc2)c(OC)c1. The lowest BCUT2D eigenvalue weighted by atomic mass is 10.2. The molecule has 0 saturated heterocycles. The molecule has 2 heterocycles. The maximum absolute atomic E-state index is 12.5. The Kier molecular flexibility index (Phi) is 5.75. The Balaban J connectivity index is 1.49. The first-order valence-corrected chi connectivity index (χ1v) is 9.94. The molecule has 10 heteroatoms. The average Bonchev–Trinajstić information content (AvgIpc) is 3.23. The fraction of sp³-hybridized carbons (Fsp3) is 0.150. The summed E-state index contributed by atoms with van der Waals surface area (Å²) in [5.41, 5.74) is 2.53. The van der Waals surface area contributed by atoms with Gasteiger partial charge in [0.2, 0.25) is 5.91 Å². The maximum atomic E-state index is 12.5. The van der Waals surface area contributed by atoms with Crippen molar-refractivity contribution < 1.29 is 14.3 Å². The van der Waals surface area contributed by atoms with Crippen LogP contribution in [0.25, 0.3) is 16.9 Å². The van der Waals surface area contributed by atoms with Gasteiger partial charge in [-0.15, -0.1) is 5.10 Å². The van der Waals surface area contributed by atoms with Crippen molar-refractivity contribution in [2.24, 2.45) is 0 Å². The molecular weight excluding hydrogens is 404 g/mol. The van der Waals surface area contributed by atoms with Crippen LogP contribution in [0.1, 0.15) is 0 Å². The van der Waals surface area contributed by atoms with Gasteiger partial charge in [0.15, 0.2) is 11.2 Å². The van der Waals surface area contributed by atoms with Gasteiger partial charge in [0.1, 0.15) is 22.9 Å². The fourth-order valence-corrected chi connectivity index (χ4v) is 3.53. The van der Waals surface area contributed by atoms with Crippen LogP contribution >= 0.6 is 11.8 Å². The van der Waals surface area contributed by atoms with Crippen molar-refractivity contribution in [1.82, 2.24) is 25.0 Å². The molecule has 0 spiro atoms. The fourth-order valence-electron chi connectivity index (χ4n) is 2.80. The van der Waals surface area contributed by atoms with Crippen LogP contribution < -0.4 is 14.8 Å². The maximum Gasteiger partial charge on any atom is 0.234 e. The highest BCUT2D eigenvalue weighted by molar-refractivity contribution is 8.00. The van der Waals surface area contributed by atoms with Crippen molar-refractivity contribution in [3.8, 4) is 17.2 Å². The second kappa shape index (κ2) is 8.78. The number of nitrogens with one attached hydrogen (secondary N) is 1. The van der Waals surface area contributed by atoms with E-state index in [2.05, 4.69) is 25.6 Å². The van der Waals surface area contributed by atoms with Gasteiger partial charge in [0.25, 0.3) is 0 Å². The summed E-state index contributed by atoms with van der Waals surface area (Å²) in [5, 5.41) is 11.8. The van der Waals surface area contributed by atoms with Crippen molar-refractivity contribution in [3.05, 3.63) is 54.9 Å². The largest absolute Gasteiger partial charge is 0.497 e. The van der Waals surface area contributed by atoms with Crippen LogP contribution in [-0.2, 0) is 4.79 Å². The number of nitrogens with zero attached hydrogens (tertiary/aromatic N) is 5. The summed E-state index contributed by atoms with van der Waals surface area (Å²) < 4.78 is 12.1. The van der Waals surface area contributed by atoms with E-state index in [0.717, 1.165) is 5.69 Å². The predicted molar refractivity (Wildman–Crippen MR) is 113 cm³/mol. The van der Waals surface area contributed by atoms with Crippen molar-refractivity contribution in [2.75, 3.05) is 25.3 Å². The standard InChI is InChI=1S/C20H18N6O3S/c1-28-14-8-9-15(16(10-14)29-2)23-17(27)11-30-20-18-19(21-12-22-20)26(25-24-18)13-6-4-3-5-7-13/h3-10,12H,11H2,1-2H3,(H,23,27). The number of anilines is 1. The molecule has 1 N–H and O–H groups in total. The molecule has 2 aromatic heterocycles. The Hall–Kier alpha value is -3.66. The minimum Gasteiger partial charge on any atom is -0.497 e. The number of methoxy groups -OCH3 is 2. The molecular formula is C20H18N6O3S. The molecule has 0 aliphatic carbocycles. The number of aromatic nitrogens is 5. The molecule has 0 unspecified atom stereocenters. The number of benzene rings is 2. The highest BCUT2D eigenvalue weighted by Crippen LogP contribution is 2.30. The number of carbonyl (C=O) groups is 1. The Morgan fingerprint density at radius 3 is 2.70 bits per heavy atom. The third-order valence-corrected chi connectivity index (χ3v) is 5.21. The second-order valence-corrected chi connectivity index (χ2v) is 7.05. The van der Waals surface area contributed by atoms with Crippen LogP contribution in [0.15, 0.2) is 59.9 Å². The van der Waals surface area contributed by atoms with E-state index >= 15 is 0 Å². The van der Waals surface area contributed by atoms with Gasteiger partial charge in [-0.3, -0.25) is 4.79 Å². The first-order chi connectivity index (χ1) is 14.7. The lowest BCUT2D eigenvalue weighted by molar-refractivity contribution is -0.113. The molecule has 0 fully saturated rings. The van der Waals surface area contributed by atoms with Crippen LogP contribution in [0.3, 0.4) is 0 Å². The third-order valence-electron chi connectivity index (χ3n) is 4.23. The normalized spacial score (nSPS) is 10.7. The van der Waals surface area contributed by atoms with Crippen LogP contribution in [0, 0.1) is 0 Å². The molecule has 0 atom stereocenters. The first-order valence-electron chi connectivity index (χ1n) is 8.96. The summed E-state index contributed by atoms with van der Waals surface area (Å²) in [5.74, 6) is 1.09. The van der Waals surface area contributed by atoms with Gasteiger partial charge in [-0.25, -0.2) is 9.97 Å². The molecule has 152 valence electrons.